The first kappa shape index (κ1) is 30.1. The molecule has 43 heavy (non-hydrogen) atoms. The fraction of sp³-hybridized carbons (Fsp3) is 0.419. The quantitative estimate of drug-likeness (QED) is 0.187. The van der Waals surface area contributed by atoms with E-state index in [4.69, 9.17) is 27.9 Å². The van der Waals surface area contributed by atoms with Crippen molar-refractivity contribution < 1.29 is 34.1 Å². The van der Waals surface area contributed by atoms with Gasteiger partial charge in [0.1, 0.15) is 18.1 Å². The molecule has 2 saturated heterocycles. The van der Waals surface area contributed by atoms with Crippen molar-refractivity contribution in [3.63, 3.8) is 0 Å². The van der Waals surface area contributed by atoms with Crippen LogP contribution in [0.15, 0.2) is 60.2 Å². The molecule has 12 heteroatoms. The largest absolute Gasteiger partial charge is 0.508 e. The van der Waals surface area contributed by atoms with Crippen LogP contribution in [0.1, 0.15) is 29.9 Å². The second-order valence-corrected chi connectivity index (χ2v) is 13.1. The molecule has 2 N–H and O–H groups in total. The van der Waals surface area contributed by atoms with Crippen molar-refractivity contribution in [2.45, 2.75) is 34.9 Å². The summed E-state index contributed by atoms with van der Waals surface area (Å²) in [6, 6.07) is 13.5. The number of aliphatic hydroxyl groups excluding tert-OH is 1. The lowest BCUT2D eigenvalue weighted by atomic mass is 9.56. The number of aromatic hydroxyl groups is 1. The number of likely N-dealkylation sites (tertiary alicyclic amines) is 2. The highest BCUT2D eigenvalue weighted by molar-refractivity contribution is 9.09. The van der Waals surface area contributed by atoms with Crippen LogP contribution in [0, 0.1) is 17.8 Å². The maximum Gasteiger partial charge on any atom is 0.254 e. The van der Waals surface area contributed by atoms with Gasteiger partial charge in [0.05, 0.1) is 23.9 Å². The number of hydrogen-bond acceptors (Lipinski definition) is 7. The molecule has 2 aromatic carbocycles. The molecule has 2 aromatic rings. The van der Waals surface area contributed by atoms with Gasteiger partial charge in [-0.3, -0.25) is 29.0 Å². The molecule has 4 aliphatic rings. The van der Waals surface area contributed by atoms with E-state index in [1.54, 1.807) is 48.5 Å². The van der Waals surface area contributed by atoms with Crippen molar-refractivity contribution in [3.8, 4) is 11.5 Å². The Kier molecular flexibility index (Phi) is 7.86. The van der Waals surface area contributed by atoms with Crippen LogP contribution in [0.25, 0.3) is 0 Å². The van der Waals surface area contributed by atoms with E-state index < -0.39 is 45.2 Å². The van der Waals surface area contributed by atoms with E-state index in [1.807, 2.05) is 6.08 Å². The van der Waals surface area contributed by atoms with Gasteiger partial charge < -0.3 is 14.9 Å². The SMILES string of the molecule is O=C1[C@H]2[C@H](CC=C3[C@H]2C[C@@]2(Cl)C(=O)N(CBr)C(=O)[C@@]2(Cl)[C@H]3c2ccccc2OCCO)C(=O)N1CCc1ccc(O)cc1. The predicted molar refractivity (Wildman–Crippen MR) is 161 cm³/mol. The molecule has 0 radical (unpaired) electrons. The number of benzene rings is 2. The highest BCUT2D eigenvalue weighted by atomic mass is 79.9. The number of halogens is 3. The summed E-state index contributed by atoms with van der Waals surface area (Å²) >= 11 is 17.8. The van der Waals surface area contributed by atoms with E-state index >= 15 is 0 Å². The summed E-state index contributed by atoms with van der Waals surface area (Å²) in [5, 5.41) is 19.0. The first-order valence-electron chi connectivity index (χ1n) is 14.0. The number of fused-ring (bicyclic) bond motifs is 4. The summed E-state index contributed by atoms with van der Waals surface area (Å²) in [5.74, 6) is -4.45. The van der Waals surface area contributed by atoms with Crippen LogP contribution in [0.5, 0.6) is 11.5 Å². The van der Waals surface area contributed by atoms with Gasteiger partial charge >= 0.3 is 0 Å². The predicted octanol–water partition coefficient (Wildman–Crippen LogP) is 3.72. The molecule has 226 valence electrons. The van der Waals surface area contributed by atoms with Gasteiger partial charge in [-0.1, -0.05) is 57.9 Å². The van der Waals surface area contributed by atoms with Crippen LogP contribution >= 0.6 is 39.1 Å². The lowest BCUT2D eigenvalue weighted by molar-refractivity contribution is -0.141. The van der Waals surface area contributed by atoms with Crippen LogP contribution in [0.4, 0.5) is 0 Å². The Morgan fingerprint density at radius 1 is 0.953 bits per heavy atom. The molecule has 0 bridgehead atoms. The van der Waals surface area contributed by atoms with Gasteiger partial charge in [-0.15, -0.1) is 23.2 Å². The summed E-state index contributed by atoms with van der Waals surface area (Å²) in [5.41, 5.74) is 1.93. The Labute approximate surface area is 266 Å². The number of phenolic OH excluding ortho intramolecular Hbond substituents is 1. The molecule has 1 saturated carbocycles. The third-order valence-corrected chi connectivity index (χ3v) is 11.2. The average Bonchev–Trinajstić information content (AvgIpc) is 3.33. The molecule has 9 nitrogen and oxygen atoms in total. The van der Waals surface area contributed by atoms with E-state index in [9.17, 15) is 29.4 Å². The number of aliphatic hydroxyl groups is 1. The van der Waals surface area contributed by atoms with Crippen molar-refractivity contribution in [2.24, 2.45) is 17.8 Å². The first-order valence-corrected chi connectivity index (χ1v) is 15.9. The second-order valence-electron chi connectivity index (χ2n) is 11.3. The lowest BCUT2D eigenvalue weighted by Gasteiger charge is -2.51. The van der Waals surface area contributed by atoms with Gasteiger partial charge in [0.15, 0.2) is 9.75 Å². The molecule has 0 unspecified atom stereocenters. The zero-order valence-corrected chi connectivity index (χ0v) is 26.0. The molecule has 6 atom stereocenters. The molecule has 0 spiro atoms. The third kappa shape index (κ3) is 4.43. The Morgan fingerprint density at radius 2 is 1.67 bits per heavy atom. The van der Waals surface area contributed by atoms with Crippen molar-refractivity contribution in [3.05, 3.63) is 71.3 Å². The zero-order valence-electron chi connectivity index (χ0n) is 22.9. The molecular formula is C31H29BrCl2N2O7. The minimum Gasteiger partial charge on any atom is -0.508 e. The van der Waals surface area contributed by atoms with E-state index in [-0.39, 0.29) is 55.6 Å². The second kappa shape index (κ2) is 11.2. The number of carbonyl (C=O) groups is 4. The standard InChI is InChI=1S/C31H29BrCl2N2O7/c32-16-36-28(41)30(33)15-22-19(25(31(30,34)29(36)42)20-3-1-2-4-23(20)43-14-13-37)9-10-21-24(22)27(40)35(26(21)39)12-11-17-5-7-18(38)8-6-17/h1-9,21-22,24-25,37-38H,10-16H2/t21-,22+,24-,25+,30+,31-/m0/s1. The van der Waals surface area contributed by atoms with Crippen LogP contribution < -0.4 is 4.74 Å². The summed E-state index contributed by atoms with van der Waals surface area (Å²) in [6.07, 6.45) is 2.46. The molecular weight excluding hydrogens is 663 g/mol. The Balaban J connectivity index is 1.42. The highest BCUT2D eigenvalue weighted by Gasteiger charge is 2.76. The number of para-hydroxylation sites is 1. The molecule has 2 aliphatic heterocycles. The van der Waals surface area contributed by atoms with Gasteiger partial charge in [-0.25, -0.2) is 0 Å². The molecule has 3 fully saturated rings. The average molecular weight is 692 g/mol. The van der Waals surface area contributed by atoms with E-state index in [1.165, 1.54) is 4.90 Å². The number of alkyl halides is 3. The number of amides is 4. The fourth-order valence-electron chi connectivity index (χ4n) is 7.29. The van der Waals surface area contributed by atoms with Crippen molar-refractivity contribution in [1.29, 1.82) is 0 Å². The van der Waals surface area contributed by atoms with Gasteiger partial charge in [-0.2, -0.15) is 0 Å². The van der Waals surface area contributed by atoms with Crippen LogP contribution in [-0.4, -0.2) is 78.6 Å². The van der Waals surface area contributed by atoms with Gasteiger partial charge in [0.2, 0.25) is 11.8 Å². The van der Waals surface area contributed by atoms with E-state index in [0.29, 0.717) is 23.3 Å². The number of rotatable bonds is 8. The Hall–Kier alpha value is -2.92. The lowest BCUT2D eigenvalue weighted by Crippen LogP contribution is -2.60. The number of nitrogens with zero attached hydrogens (tertiary/aromatic N) is 2. The van der Waals surface area contributed by atoms with E-state index in [0.717, 1.165) is 10.5 Å². The van der Waals surface area contributed by atoms with Crippen molar-refractivity contribution in [2.75, 3.05) is 25.2 Å². The minimum absolute atomic E-state index is 0.0123. The topological polar surface area (TPSA) is 124 Å². The van der Waals surface area contributed by atoms with Crippen LogP contribution in [0.3, 0.4) is 0 Å². The maximum absolute atomic E-state index is 14.0. The summed E-state index contributed by atoms with van der Waals surface area (Å²) in [7, 11) is 0. The molecule has 2 heterocycles. The number of imide groups is 2. The fourth-order valence-corrected chi connectivity index (χ4v) is 8.71. The number of ether oxygens (including phenoxy) is 1. The molecule has 6 rings (SSSR count). The summed E-state index contributed by atoms with van der Waals surface area (Å²) in [4.78, 5) is 53.8. The van der Waals surface area contributed by atoms with Gasteiger partial charge in [0.25, 0.3) is 11.8 Å². The minimum atomic E-state index is -1.93. The smallest absolute Gasteiger partial charge is 0.254 e. The molecule has 0 aromatic heterocycles. The number of carbonyl (C=O) groups excluding carboxylic acids is 4. The maximum atomic E-state index is 14.0. The van der Waals surface area contributed by atoms with Crippen molar-refractivity contribution >= 4 is 62.8 Å². The van der Waals surface area contributed by atoms with Gasteiger partial charge in [0, 0.05) is 18.0 Å². The van der Waals surface area contributed by atoms with Gasteiger partial charge in [-0.05, 0) is 48.9 Å². The monoisotopic (exact) mass is 690 g/mol. The summed E-state index contributed by atoms with van der Waals surface area (Å²) < 4.78 is 5.84. The zero-order chi connectivity index (χ0) is 30.7. The normalized spacial score (nSPS) is 31.6. The Morgan fingerprint density at radius 3 is 2.37 bits per heavy atom. The number of allylic oxidation sites excluding steroid dienone is 2. The summed E-state index contributed by atoms with van der Waals surface area (Å²) in [6.45, 7) is -0.0918. The molecule has 4 amide bonds. The highest BCUT2D eigenvalue weighted by Crippen LogP contribution is 2.66. The Bertz CT molecular complexity index is 1530. The molecule has 2 aliphatic carbocycles. The van der Waals surface area contributed by atoms with Crippen LogP contribution in [0.2, 0.25) is 0 Å². The first-order chi connectivity index (χ1) is 20.6. The van der Waals surface area contributed by atoms with Crippen LogP contribution in [-0.2, 0) is 25.6 Å². The number of phenols is 1. The number of hydrogen-bond donors (Lipinski definition) is 2. The van der Waals surface area contributed by atoms with E-state index in [2.05, 4.69) is 15.9 Å². The van der Waals surface area contributed by atoms with Crippen molar-refractivity contribution in [1.82, 2.24) is 9.80 Å². The third-order valence-electron chi connectivity index (χ3n) is 9.25.